The number of esters is 1. The van der Waals surface area contributed by atoms with E-state index in [2.05, 4.69) is 9.71 Å². The smallest absolute Gasteiger partial charge is 0.331 e. The van der Waals surface area contributed by atoms with E-state index >= 15 is 0 Å². The first kappa shape index (κ1) is 19.1. The molecule has 2 aromatic rings. The van der Waals surface area contributed by atoms with E-state index in [4.69, 9.17) is 4.74 Å². The molecule has 1 N–H and O–H groups in total. The van der Waals surface area contributed by atoms with Gasteiger partial charge in [0.1, 0.15) is 12.4 Å². The SMILES string of the molecule is Cc1cccc(COC(=O)[C@@H](N=C2NS(=O)(=O)c3ccccc32)C(C)C)c1. The van der Waals surface area contributed by atoms with Crippen LogP contribution in [0.4, 0.5) is 0 Å². The van der Waals surface area contributed by atoms with Gasteiger partial charge in [-0.3, -0.25) is 9.71 Å². The van der Waals surface area contributed by atoms with Crippen LogP contribution in [-0.4, -0.2) is 26.3 Å². The lowest BCUT2D eigenvalue weighted by Crippen LogP contribution is -2.31. The van der Waals surface area contributed by atoms with Gasteiger partial charge in [0.2, 0.25) is 0 Å². The Labute approximate surface area is 159 Å². The van der Waals surface area contributed by atoms with Crippen molar-refractivity contribution in [3.63, 3.8) is 0 Å². The van der Waals surface area contributed by atoms with Crippen LogP contribution in [0.3, 0.4) is 0 Å². The zero-order chi connectivity index (χ0) is 19.6. The monoisotopic (exact) mass is 386 g/mol. The van der Waals surface area contributed by atoms with Crippen molar-refractivity contribution < 1.29 is 17.9 Å². The summed E-state index contributed by atoms with van der Waals surface area (Å²) in [7, 11) is -3.64. The molecule has 0 aromatic heterocycles. The minimum absolute atomic E-state index is 0.150. The fraction of sp³-hybridized carbons (Fsp3) is 0.300. The number of benzene rings is 2. The molecule has 1 heterocycles. The van der Waals surface area contributed by atoms with E-state index in [1.165, 1.54) is 6.07 Å². The molecular formula is C20H22N2O4S. The molecule has 142 valence electrons. The van der Waals surface area contributed by atoms with Crippen molar-refractivity contribution in [2.45, 2.75) is 38.3 Å². The summed E-state index contributed by atoms with van der Waals surface area (Å²) in [5.74, 6) is -0.459. The zero-order valence-corrected chi connectivity index (χ0v) is 16.3. The Bertz CT molecular complexity index is 997. The third-order valence-corrected chi connectivity index (χ3v) is 5.66. The molecular weight excluding hydrogens is 364 g/mol. The van der Waals surface area contributed by atoms with Crippen molar-refractivity contribution >= 4 is 21.8 Å². The maximum Gasteiger partial charge on any atom is 0.331 e. The number of fused-ring (bicyclic) bond motifs is 1. The first-order chi connectivity index (χ1) is 12.8. The van der Waals surface area contributed by atoms with E-state index in [9.17, 15) is 13.2 Å². The largest absolute Gasteiger partial charge is 0.459 e. The third kappa shape index (κ3) is 4.19. The number of rotatable bonds is 5. The molecule has 0 amide bonds. The van der Waals surface area contributed by atoms with Crippen molar-refractivity contribution in [2.24, 2.45) is 10.9 Å². The van der Waals surface area contributed by atoms with Crippen molar-refractivity contribution in [3.8, 4) is 0 Å². The molecule has 27 heavy (non-hydrogen) atoms. The maximum absolute atomic E-state index is 12.6. The van der Waals surface area contributed by atoms with Gasteiger partial charge in [-0.25, -0.2) is 13.2 Å². The molecule has 0 fully saturated rings. The summed E-state index contributed by atoms with van der Waals surface area (Å²) in [5, 5.41) is 0. The van der Waals surface area contributed by atoms with Gasteiger partial charge in [-0.2, -0.15) is 0 Å². The highest BCUT2D eigenvalue weighted by Crippen LogP contribution is 2.23. The lowest BCUT2D eigenvalue weighted by Gasteiger charge is -2.16. The third-order valence-electron chi connectivity index (χ3n) is 4.27. The highest BCUT2D eigenvalue weighted by Gasteiger charge is 2.33. The molecule has 0 spiro atoms. The first-order valence-electron chi connectivity index (χ1n) is 8.70. The van der Waals surface area contributed by atoms with Crippen molar-refractivity contribution in [2.75, 3.05) is 0 Å². The highest BCUT2D eigenvalue weighted by atomic mass is 32.2. The fourth-order valence-corrected chi connectivity index (χ4v) is 4.12. The molecule has 2 aromatic carbocycles. The van der Waals surface area contributed by atoms with Gasteiger partial charge in [-0.15, -0.1) is 0 Å². The second kappa shape index (κ2) is 7.52. The van der Waals surface area contributed by atoms with Crippen molar-refractivity contribution in [1.29, 1.82) is 0 Å². The van der Waals surface area contributed by atoms with Crippen LogP contribution >= 0.6 is 0 Å². The number of sulfonamides is 1. The Morgan fingerprint density at radius 1 is 1.15 bits per heavy atom. The van der Waals surface area contributed by atoms with Crippen LogP contribution in [-0.2, 0) is 26.2 Å². The summed E-state index contributed by atoms with van der Waals surface area (Å²) in [5.41, 5.74) is 2.45. The van der Waals surface area contributed by atoms with Crippen LogP contribution in [0.2, 0.25) is 0 Å². The number of hydrogen-bond donors (Lipinski definition) is 1. The molecule has 0 unspecified atom stereocenters. The molecule has 0 bridgehead atoms. The number of carbonyl (C=O) groups excluding carboxylic acids is 1. The predicted octanol–water partition coefficient (Wildman–Crippen LogP) is 2.80. The lowest BCUT2D eigenvalue weighted by atomic mass is 10.0. The Morgan fingerprint density at radius 3 is 2.59 bits per heavy atom. The topological polar surface area (TPSA) is 84.8 Å². The summed E-state index contributed by atoms with van der Waals surface area (Å²) in [4.78, 5) is 17.2. The number of amidine groups is 1. The van der Waals surface area contributed by atoms with Crippen LogP contribution in [0.15, 0.2) is 58.4 Å². The van der Waals surface area contributed by atoms with Crippen molar-refractivity contribution in [3.05, 3.63) is 65.2 Å². The van der Waals surface area contributed by atoms with E-state index in [0.29, 0.717) is 5.56 Å². The standard InChI is InChI=1S/C20H22N2O4S/c1-13(2)18(20(23)26-12-15-8-6-7-14(3)11-15)21-19-16-9-4-5-10-17(16)27(24,25)22-19/h4-11,13,18H,12H2,1-3H3,(H,21,22)/t18-/m0/s1. The van der Waals surface area contributed by atoms with Crippen LogP contribution in [0.25, 0.3) is 0 Å². The van der Waals surface area contributed by atoms with Gasteiger partial charge in [0, 0.05) is 5.56 Å². The normalized spacial score (nSPS) is 17.4. The Hall–Kier alpha value is -2.67. The minimum Gasteiger partial charge on any atom is -0.459 e. The van der Waals surface area contributed by atoms with Gasteiger partial charge in [0.15, 0.2) is 6.04 Å². The average molecular weight is 386 g/mol. The zero-order valence-electron chi connectivity index (χ0n) is 15.5. The van der Waals surface area contributed by atoms with E-state index < -0.39 is 22.0 Å². The molecule has 0 saturated carbocycles. The van der Waals surface area contributed by atoms with Crippen LogP contribution in [0.5, 0.6) is 0 Å². The first-order valence-corrected chi connectivity index (χ1v) is 10.2. The second-order valence-corrected chi connectivity index (χ2v) is 8.52. The second-order valence-electron chi connectivity index (χ2n) is 6.86. The quantitative estimate of drug-likeness (QED) is 0.801. The number of hydrogen-bond acceptors (Lipinski definition) is 5. The van der Waals surface area contributed by atoms with Gasteiger partial charge >= 0.3 is 5.97 Å². The number of nitrogens with one attached hydrogen (secondary N) is 1. The number of ether oxygens (including phenoxy) is 1. The van der Waals surface area contributed by atoms with Crippen LogP contribution in [0.1, 0.15) is 30.5 Å². The molecule has 1 atom stereocenters. The number of aryl methyl sites for hydroxylation is 1. The molecule has 3 rings (SSSR count). The summed E-state index contributed by atoms with van der Waals surface area (Å²) < 4.78 is 32.3. The fourth-order valence-electron chi connectivity index (χ4n) is 2.88. The molecule has 0 saturated heterocycles. The molecule has 0 aliphatic carbocycles. The lowest BCUT2D eigenvalue weighted by molar-refractivity contribution is -0.147. The Kier molecular flexibility index (Phi) is 5.32. The molecule has 0 radical (unpaired) electrons. The minimum atomic E-state index is -3.64. The van der Waals surface area contributed by atoms with Crippen molar-refractivity contribution in [1.82, 2.24) is 4.72 Å². The Balaban J connectivity index is 1.82. The van der Waals surface area contributed by atoms with Crippen LogP contribution in [0, 0.1) is 12.8 Å². The molecule has 6 nitrogen and oxygen atoms in total. The predicted molar refractivity (Wildman–Crippen MR) is 103 cm³/mol. The van der Waals surface area contributed by atoms with E-state index in [-0.39, 0.29) is 23.3 Å². The summed E-state index contributed by atoms with van der Waals surface area (Å²) in [6.07, 6.45) is 0. The Morgan fingerprint density at radius 2 is 1.89 bits per heavy atom. The van der Waals surface area contributed by atoms with E-state index in [0.717, 1.165) is 11.1 Å². The highest BCUT2D eigenvalue weighted by molar-refractivity contribution is 7.90. The van der Waals surface area contributed by atoms with Gasteiger partial charge < -0.3 is 4.74 Å². The van der Waals surface area contributed by atoms with Gasteiger partial charge in [-0.05, 0) is 30.5 Å². The maximum atomic E-state index is 12.6. The summed E-state index contributed by atoms with van der Waals surface area (Å²) in [6.45, 7) is 5.81. The number of nitrogens with zero attached hydrogens (tertiary/aromatic N) is 1. The summed E-state index contributed by atoms with van der Waals surface area (Å²) >= 11 is 0. The van der Waals surface area contributed by atoms with Gasteiger partial charge in [-0.1, -0.05) is 55.8 Å². The molecule has 1 aliphatic heterocycles. The summed E-state index contributed by atoms with van der Waals surface area (Å²) in [6, 6.07) is 13.5. The number of carbonyl (C=O) groups is 1. The molecule has 1 aliphatic rings. The van der Waals surface area contributed by atoms with Crippen LogP contribution < -0.4 is 4.72 Å². The molecule has 7 heteroatoms. The van der Waals surface area contributed by atoms with Gasteiger partial charge in [0.25, 0.3) is 10.0 Å². The van der Waals surface area contributed by atoms with Gasteiger partial charge in [0.05, 0.1) is 4.90 Å². The van der Waals surface area contributed by atoms with E-state index in [1.54, 1.807) is 18.2 Å². The average Bonchev–Trinajstić information content (AvgIpc) is 2.88. The number of aliphatic imine (C=N–C) groups is 1. The van der Waals surface area contributed by atoms with E-state index in [1.807, 2.05) is 45.0 Å².